The van der Waals surface area contributed by atoms with Crippen LogP contribution in [0.25, 0.3) is 0 Å². The van der Waals surface area contributed by atoms with Crippen molar-refractivity contribution in [3.63, 3.8) is 0 Å². The van der Waals surface area contributed by atoms with Gasteiger partial charge in [-0.25, -0.2) is 0 Å². The number of hydrogen-bond acceptors (Lipinski definition) is 2. The topological polar surface area (TPSA) is 34.1 Å². The van der Waals surface area contributed by atoms with Crippen molar-refractivity contribution < 1.29 is 52.5 Å². The average Bonchev–Trinajstić information content (AvgIpc) is 2.79. The van der Waals surface area contributed by atoms with E-state index in [0.717, 1.165) is 59.4 Å². The molecule has 162 valence electrons. The fourth-order valence-electron chi connectivity index (χ4n) is 5.21. The molecule has 0 amide bonds. The second-order valence-electron chi connectivity index (χ2n) is 8.59. The van der Waals surface area contributed by atoms with E-state index >= 15 is 0 Å². The molecule has 0 aromatic heterocycles. The SMILES string of the molecule is CC(C(=O)c1ccccc1)[N+]12CC[N+](C(C)C(=O)c3ccccc3)(CC1)CC2.[Br-].[Br-]. The minimum Gasteiger partial charge on any atom is -1.00 e. The summed E-state index contributed by atoms with van der Waals surface area (Å²) in [5.74, 6) is 0.492. The van der Waals surface area contributed by atoms with Crippen LogP contribution < -0.4 is 34.0 Å². The lowest BCUT2D eigenvalue weighted by Crippen LogP contribution is -3.00. The maximum absolute atomic E-state index is 13.1. The molecule has 6 heteroatoms. The van der Waals surface area contributed by atoms with Crippen molar-refractivity contribution in [3.8, 4) is 0 Å². The zero-order valence-electron chi connectivity index (χ0n) is 17.6. The predicted octanol–water partition coefficient (Wildman–Crippen LogP) is -2.80. The summed E-state index contributed by atoms with van der Waals surface area (Å²) in [6.07, 6.45) is 0. The number of Topliss-reactive ketones (excluding diaryl/α,β-unsaturated/α-hetero) is 2. The van der Waals surface area contributed by atoms with E-state index in [1.165, 1.54) is 0 Å². The highest BCUT2D eigenvalue weighted by Crippen LogP contribution is 2.33. The fraction of sp³-hybridized carbons (Fsp3) is 0.417. The molecular formula is C24H30Br2N2O2. The third kappa shape index (κ3) is 4.33. The molecule has 2 atom stereocenters. The number of benzene rings is 2. The molecule has 2 bridgehead atoms. The second-order valence-corrected chi connectivity index (χ2v) is 8.59. The lowest BCUT2D eigenvalue weighted by atomic mass is 9.93. The zero-order chi connectivity index (χ0) is 19.8. The maximum Gasteiger partial charge on any atom is 0.219 e. The van der Waals surface area contributed by atoms with Gasteiger partial charge in [0.05, 0.1) is 0 Å². The Balaban J connectivity index is 0.00000160. The second kappa shape index (κ2) is 9.86. The molecule has 3 aliphatic heterocycles. The van der Waals surface area contributed by atoms with Gasteiger partial charge in [0, 0.05) is 11.1 Å². The largest absolute Gasteiger partial charge is 1.00 e. The van der Waals surface area contributed by atoms with Gasteiger partial charge in [0.15, 0.2) is 12.1 Å². The van der Waals surface area contributed by atoms with E-state index in [2.05, 4.69) is 13.8 Å². The van der Waals surface area contributed by atoms with Gasteiger partial charge in [-0.1, -0.05) is 60.7 Å². The van der Waals surface area contributed by atoms with E-state index in [4.69, 9.17) is 0 Å². The molecular weight excluding hydrogens is 508 g/mol. The molecule has 4 nitrogen and oxygen atoms in total. The number of fused-ring (bicyclic) bond motifs is 3. The van der Waals surface area contributed by atoms with Crippen LogP contribution >= 0.6 is 0 Å². The summed E-state index contributed by atoms with van der Waals surface area (Å²) in [5.41, 5.74) is 1.62. The van der Waals surface area contributed by atoms with E-state index in [1.54, 1.807) is 0 Å². The number of rotatable bonds is 6. The Bertz CT molecular complexity index is 775. The van der Waals surface area contributed by atoms with Gasteiger partial charge < -0.3 is 42.9 Å². The minimum atomic E-state index is -0.0231. The molecule has 2 unspecified atom stereocenters. The van der Waals surface area contributed by atoms with E-state index in [-0.39, 0.29) is 57.6 Å². The Hall–Kier alpha value is -1.34. The molecule has 3 aliphatic rings. The number of carbonyl (C=O) groups excluding carboxylic acids is 2. The van der Waals surface area contributed by atoms with Crippen LogP contribution in [0.2, 0.25) is 0 Å². The molecule has 3 saturated heterocycles. The van der Waals surface area contributed by atoms with Gasteiger partial charge >= 0.3 is 0 Å². The Morgan fingerprint density at radius 2 is 0.867 bits per heavy atom. The van der Waals surface area contributed by atoms with Gasteiger partial charge in [-0.15, -0.1) is 0 Å². The Morgan fingerprint density at radius 1 is 0.600 bits per heavy atom. The summed E-state index contributed by atoms with van der Waals surface area (Å²) >= 11 is 0. The first-order valence-corrected chi connectivity index (χ1v) is 10.4. The van der Waals surface area contributed by atoms with E-state index in [0.29, 0.717) is 0 Å². The predicted molar refractivity (Wildman–Crippen MR) is 110 cm³/mol. The zero-order valence-corrected chi connectivity index (χ0v) is 20.8. The Morgan fingerprint density at radius 3 is 1.13 bits per heavy atom. The monoisotopic (exact) mass is 536 g/mol. The molecule has 0 spiro atoms. The summed E-state index contributed by atoms with van der Waals surface area (Å²) in [7, 11) is 0. The lowest BCUT2D eigenvalue weighted by Gasteiger charge is -2.58. The summed E-state index contributed by atoms with van der Waals surface area (Å²) < 4.78 is 1.75. The molecule has 0 radical (unpaired) electrons. The first-order chi connectivity index (χ1) is 13.5. The normalized spacial score (nSPS) is 26.6. The van der Waals surface area contributed by atoms with Crippen LogP contribution in [0.1, 0.15) is 34.6 Å². The summed E-state index contributed by atoms with van der Waals surface area (Å²) in [6.45, 7) is 10.1. The van der Waals surface area contributed by atoms with Crippen molar-refractivity contribution >= 4 is 11.6 Å². The van der Waals surface area contributed by atoms with Gasteiger partial charge in [-0.2, -0.15) is 0 Å². The Kier molecular flexibility index (Phi) is 8.19. The Labute approximate surface area is 200 Å². The highest BCUT2D eigenvalue weighted by Gasteiger charge is 2.56. The van der Waals surface area contributed by atoms with Crippen LogP contribution in [0.15, 0.2) is 60.7 Å². The van der Waals surface area contributed by atoms with Crippen molar-refractivity contribution in [3.05, 3.63) is 71.8 Å². The van der Waals surface area contributed by atoms with Crippen molar-refractivity contribution in [2.75, 3.05) is 39.3 Å². The molecule has 0 saturated carbocycles. The number of quaternary nitrogens is 2. The van der Waals surface area contributed by atoms with E-state index < -0.39 is 0 Å². The number of hydrogen-bond donors (Lipinski definition) is 0. The molecule has 2 aromatic rings. The third-order valence-electron chi connectivity index (χ3n) is 7.49. The highest BCUT2D eigenvalue weighted by molar-refractivity contribution is 5.99. The molecule has 5 rings (SSSR count). The van der Waals surface area contributed by atoms with Crippen LogP contribution in [-0.4, -0.2) is 71.9 Å². The number of carbonyl (C=O) groups is 2. The van der Waals surface area contributed by atoms with Crippen LogP contribution in [0.5, 0.6) is 0 Å². The van der Waals surface area contributed by atoms with Crippen molar-refractivity contribution in [1.29, 1.82) is 0 Å². The van der Waals surface area contributed by atoms with Gasteiger partial charge in [-0.3, -0.25) is 9.59 Å². The quantitative estimate of drug-likeness (QED) is 0.295. The third-order valence-corrected chi connectivity index (χ3v) is 7.49. The van der Waals surface area contributed by atoms with Crippen molar-refractivity contribution in [2.24, 2.45) is 0 Å². The van der Waals surface area contributed by atoms with E-state index in [1.807, 2.05) is 60.7 Å². The summed E-state index contributed by atoms with van der Waals surface area (Å²) in [4.78, 5) is 26.1. The van der Waals surface area contributed by atoms with Gasteiger partial charge in [0.1, 0.15) is 39.3 Å². The van der Waals surface area contributed by atoms with Crippen LogP contribution in [0, 0.1) is 0 Å². The minimum absolute atomic E-state index is 0. The van der Waals surface area contributed by atoms with Crippen LogP contribution in [0.3, 0.4) is 0 Å². The first-order valence-electron chi connectivity index (χ1n) is 10.4. The maximum atomic E-state index is 13.1. The molecule has 3 heterocycles. The smallest absolute Gasteiger partial charge is 0.219 e. The standard InChI is InChI=1S/C24H30N2O2.2BrH/c1-19(23(27)21-9-5-3-6-10-21)25-13-16-26(17-14-25,18-15-25)20(2)24(28)22-11-7-4-8-12-22;;/h3-12,19-20H,13-18H2,1-2H3;2*1H/q+2;;/p-2. The van der Waals surface area contributed by atoms with Crippen LogP contribution in [-0.2, 0) is 0 Å². The number of nitrogens with zero attached hydrogens (tertiary/aromatic N) is 2. The first kappa shape index (κ1) is 24.9. The number of piperazine rings is 3. The molecule has 3 fully saturated rings. The molecule has 0 N–H and O–H groups in total. The van der Waals surface area contributed by atoms with Crippen molar-refractivity contribution in [1.82, 2.24) is 0 Å². The van der Waals surface area contributed by atoms with E-state index in [9.17, 15) is 9.59 Å². The summed E-state index contributed by atoms with van der Waals surface area (Å²) in [5, 5.41) is 0. The van der Waals surface area contributed by atoms with Gasteiger partial charge in [-0.05, 0) is 13.8 Å². The molecule has 30 heavy (non-hydrogen) atoms. The summed E-state index contributed by atoms with van der Waals surface area (Å²) in [6, 6.07) is 19.3. The fourth-order valence-corrected chi connectivity index (χ4v) is 5.21. The van der Waals surface area contributed by atoms with Crippen LogP contribution in [0.4, 0.5) is 0 Å². The number of halogens is 2. The van der Waals surface area contributed by atoms with Gasteiger partial charge in [0.2, 0.25) is 11.6 Å². The van der Waals surface area contributed by atoms with Crippen molar-refractivity contribution in [2.45, 2.75) is 25.9 Å². The van der Waals surface area contributed by atoms with Gasteiger partial charge in [0.25, 0.3) is 0 Å². The molecule has 0 aliphatic carbocycles. The lowest BCUT2D eigenvalue weighted by molar-refractivity contribution is -1.09. The number of ketones is 2. The average molecular weight is 538 g/mol. The molecule has 2 aromatic carbocycles. The highest BCUT2D eigenvalue weighted by atomic mass is 79.9.